The van der Waals surface area contributed by atoms with Crippen LogP contribution in [-0.2, 0) is 4.74 Å². The summed E-state index contributed by atoms with van der Waals surface area (Å²) in [5, 5.41) is 6.14. The number of nitrogens with zero attached hydrogens (tertiary/aromatic N) is 1. The van der Waals surface area contributed by atoms with Gasteiger partial charge in [0.2, 0.25) is 0 Å². The second-order valence-corrected chi connectivity index (χ2v) is 7.05. The highest BCUT2D eigenvalue weighted by Crippen LogP contribution is 2.25. The summed E-state index contributed by atoms with van der Waals surface area (Å²) in [6.45, 7) is 6.33. The average Bonchev–Trinajstić information content (AvgIpc) is 2.60. The zero-order valence-electron chi connectivity index (χ0n) is 15.3. The van der Waals surface area contributed by atoms with Crippen LogP contribution in [0.1, 0.15) is 38.2 Å². The molecule has 24 heavy (non-hydrogen) atoms. The molecule has 0 aromatic heterocycles. The van der Waals surface area contributed by atoms with Gasteiger partial charge in [-0.25, -0.2) is 4.79 Å². The maximum absolute atomic E-state index is 12.3. The van der Waals surface area contributed by atoms with Crippen molar-refractivity contribution >= 4 is 6.03 Å². The van der Waals surface area contributed by atoms with Crippen LogP contribution >= 0.6 is 0 Å². The van der Waals surface area contributed by atoms with Gasteiger partial charge in [-0.15, -0.1) is 0 Å². The molecule has 0 radical (unpaired) electrons. The third kappa shape index (κ3) is 4.71. The lowest BCUT2D eigenvalue weighted by molar-refractivity contribution is -0.00575. The molecule has 0 spiro atoms. The van der Waals surface area contributed by atoms with Crippen LogP contribution in [0.2, 0.25) is 0 Å². The molecule has 2 atom stereocenters. The summed E-state index contributed by atoms with van der Waals surface area (Å²) in [4.78, 5) is 14.5. The molecule has 1 aromatic carbocycles. The molecule has 5 heteroatoms. The summed E-state index contributed by atoms with van der Waals surface area (Å²) >= 11 is 0. The Bertz CT molecular complexity index is 513. The van der Waals surface area contributed by atoms with Crippen LogP contribution in [0.3, 0.4) is 0 Å². The molecule has 134 valence electrons. The van der Waals surface area contributed by atoms with Crippen LogP contribution in [0.25, 0.3) is 0 Å². The fraction of sp³-hybridized carbons (Fsp3) is 0.632. The van der Waals surface area contributed by atoms with Gasteiger partial charge in [-0.2, -0.15) is 0 Å². The van der Waals surface area contributed by atoms with Gasteiger partial charge in [0.05, 0.1) is 0 Å². The molecule has 1 aromatic rings. The summed E-state index contributed by atoms with van der Waals surface area (Å²) in [6.07, 6.45) is 1.88. The molecule has 1 aliphatic heterocycles. The lowest BCUT2D eigenvalue weighted by Crippen LogP contribution is -2.57. The molecule has 1 heterocycles. The first-order valence-corrected chi connectivity index (χ1v) is 8.79. The van der Waals surface area contributed by atoms with Crippen LogP contribution in [0.4, 0.5) is 4.79 Å². The normalized spacial score (nSPS) is 19.5. The minimum Gasteiger partial charge on any atom is -0.381 e. The molecule has 1 saturated heterocycles. The van der Waals surface area contributed by atoms with Gasteiger partial charge in [-0.1, -0.05) is 37.3 Å². The number of carbonyl (C=O) groups is 1. The molecule has 0 aliphatic carbocycles. The van der Waals surface area contributed by atoms with Gasteiger partial charge in [-0.05, 0) is 39.4 Å². The Labute approximate surface area is 145 Å². The van der Waals surface area contributed by atoms with Crippen LogP contribution in [-0.4, -0.2) is 56.4 Å². The van der Waals surface area contributed by atoms with E-state index in [0.29, 0.717) is 6.54 Å². The lowest BCUT2D eigenvalue weighted by atomic mass is 9.88. The van der Waals surface area contributed by atoms with Crippen molar-refractivity contribution in [2.75, 3.05) is 33.9 Å². The maximum Gasteiger partial charge on any atom is 0.315 e. The molecule has 5 nitrogen and oxygen atoms in total. The highest BCUT2D eigenvalue weighted by Gasteiger charge is 2.35. The van der Waals surface area contributed by atoms with E-state index in [0.717, 1.165) is 26.1 Å². The van der Waals surface area contributed by atoms with Crippen molar-refractivity contribution in [1.82, 2.24) is 15.5 Å². The topological polar surface area (TPSA) is 53.6 Å². The fourth-order valence-corrected chi connectivity index (χ4v) is 3.21. The van der Waals surface area contributed by atoms with Crippen LogP contribution in [0.15, 0.2) is 30.3 Å². The number of benzene rings is 1. The van der Waals surface area contributed by atoms with Gasteiger partial charge in [0.15, 0.2) is 0 Å². The highest BCUT2D eigenvalue weighted by molar-refractivity contribution is 5.74. The molecular formula is C19H31N3O2. The van der Waals surface area contributed by atoms with E-state index in [9.17, 15) is 4.79 Å². The van der Waals surface area contributed by atoms with Crippen molar-refractivity contribution in [3.8, 4) is 0 Å². The number of amides is 2. The molecule has 0 unspecified atom stereocenters. The third-order valence-electron chi connectivity index (χ3n) is 5.38. The summed E-state index contributed by atoms with van der Waals surface area (Å²) in [5.74, 6) is 0.267. The lowest BCUT2D eigenvalue weighted by Gasteiger charge is -2.42. The van der Waals surface area contributed by atoms with E-state index in [1.165, 1.54) is 5.56 Å². The van der Waals surface area contributed by atoms with E-state index >= 15 is 0 Å². The van der Waals surface area contributed by atoms with E-state index in [2.05, 4.69) is 48.7 Å². The van der Waals surface area contributed by atoms with E-state index in [4.69, 9.17) is 4.74 Å². The summed E-state index contributed by atoms with van der Waals surface area (Å²) < 4.78 is 5.47. The predicted molar refractivity (Wildman–Crippen MR) is 97.3 cm³/mol. The van der Waals surface area contributed by atoms with Crippen molar-refractivity contribution in [2.24, 2.45) is 0 Å². The van der Waals surface area contributed by atoms with Gasteiger partial charge in [0.1, 0.15) is 0 Å². The highest BCUT2D eigenvalue weighted by atomic mass is 16.5. The molecule has 1 aliphatic rings. The monoisotopic (exact) mass is 333 g/mol. The fourth-order valence-electron chi connectivity index (χ4n) is 3.21. The number of carbonyl (C=O) groups excluding carboxylic acids is 1. The zero-order chi connectivity index (χ0) is 17.6. The van der Waals surface area contributed by atoms with Crippen LogP contribution in [0.5, 0.6) is 0 Å². The smallest absolute Gasteiger partial charge is 0.315 e. The first kappa shape index (κ1) is 18.7. The van der Waals surface area contributed by atoms with E-state index in [-0.39, 0.29) is 23.5 Å². The van der Waals surface area contributed by atoms with E-state index in [1.807, 2.05) is 25.1 Å². The largest absolute Gasteiger partial charge is 0.381 e. The number of rotatable bonds is 6. The van der Waals surface area contributed by atoms with E-state index in [1.54, 1.807) is 0 Å². The van der Waals surface area contributed by atoms with E-state index < -0.39 is 0 Å². The second-order valence-electron chi connectivity index (χ2n) is 7.05. The van der Waals surface area contributed by atoms with Gasteiger partial charge in [-0.3, -0.25) is 0 Å². The zero-order valence-corrected chi connectivity index (χ0v) is 15.3. The van der Waals surface area contributed by atoms with Crippen molar-refractivity contribution in [2.45, 2.75) is 44.2 Å². The first-order valence-electron chi connectivity index (χ1n) is 8.79. The van der Waals surface area contributed by atoms with Gasteiger partial charge < -0.3 is 20.3 Å². The second kappa shape index (κ2) is 8.49. The molecule has 0 saturated carbocycles. The molecule has 1 fully saturated rings. The molecular weight excluding hydrogens is 302 g/mol. The van der Waals surface area contributed by atoms with Crippen molar-refractivity contribution in [3.63, 3.8) is 0 Å². The van der Waals surface area contributed by atoms with Crippen LogP contribution in [0, 0.1) is 0 Å². The quantitative estimate of drug-likeness (QED) is 0.841. The van der Waals surface area contributed by atoms with Crippen LogP contribution < -0.4 is 10.6 Å². The Morgan fingerprint density at radius 3 is 2.42 bits per heavy atom. The summed E-state index contributed by atoms with van der Waals surface area (Å²) in [5.41, 5.74) is 1.23. The Hall–Kier alpha value is -1.59. The SMILES string of the molecule is C[C@@H](NC(=O)NCC1(N(C)C)CCOCC1)[C@@H](C)c1ccccc1. The third-order valence-corrected chi connectivity index (χ3v) is 5.38. The van der Waals surface area contributed by atoms with Crippen molar-refractivity contribution < 1.29 is 9.53 Å². The number of likely N-dealkylation sites (N-methyl/N-ethyl adjacent to an activating group) is 1. The Morgan fingerprint density at radius 2 is 1.83 bits per heavy atom. The maximum atomic E-state index is 12.3. The summed E-state index contributed by atoms with van der Waals surface area (Å²) in [6, 6.07) is 10.2. The van der Waals surface area contributed by atoms with Crippen molar-refractivity contribution in [3.05, 3.63) is 35.9 Å². The van der Waals surface area contributed by atoms with Gasteiger partial charge >= 0.3 is 6.03 Å². The minimum atomic E-state index is -0.0991. The van der Waals surface area contributed by atoms with Crippen molar-refractivity contribution in [1.29, 1.82) is 0 Å². The predicted octanol–water partition coefficient (Wildman–Crippen LogP) is 2.59. The molecule has 2 rings (SSSR count). The number of hydrogen-bond acceptors (Lipinski definition) is 3. The number of nitrogens with one attached hydrogen (secondary N) is 2. The standard InChI is InChI=1S/C19H31N3O2/c1-15(17-8-6-5-7-9-17)16(2)21-18(23)20-14-19(22(3)4)10-12-24-13-11-19/h5-9,15-16H,10-14H2,1-4H3,(H2,20,21,23)/t15-,16-/m1/s1. The minimum absolute atomic E-state index is 0.0100. The van der Waals surface area contributed by atoms with Gasteiger partial charge in [0.25, 0.3) is 0 Å². The number of ether oxygens (including phenoxy) is 1. The Balaban J connectivity index is 1.86. The van der Waals surface area contributed by atoms with Gasteiger partial charge in [0, 0.05) is 37.3 Å². The molecule has 2 N–H and O–H groups in total. The number of hydrogen-bond donors (Lipinski definition) is 2. The number of urea groups is 1. The first-order chi connectivity index (χ1) is 11.4. The molecule has 0 bridgehead atoms. The Morgan fingerprint density at radius 1 is 1.21 bits per heavy atom. The molecule has 2 amide bonds. The Kier molecular flexibility index (Phi) is 6.63. The summed E-state index contributed by atoms with van der Waals surface area (Å²) in [7, 11) is 4.15. The average molecular weight is 333 g/mol.